The van der Waals surface area contributed by atoms with Crippen LogP contribution in [0.2, 0.25) is 0 Å². The number of anilines is 2. The third-order valence-electron chi connectivity index (χ3n) is 8.53. The number of nitrogens with one attached hydrogen (secondary N) is 1. The fourth-order valence-electron chi connectivity index (χ4n) is 5.43. The lowest BCUT2D eigenvalue weighted by Gasteiger charge is -2.34. The molecular formula is C33H48N6O10. The minimum atomic E-state index is -2.20. The van der Waals surface area contributed by atoms with Crippen LogP contribution in [0.25, 0.3) is 22.3 Å². The molecule has 0 aliphatic carbocycles. The monoisotopic (exact) mass is 688 g/mol. The van der Waals surface area contributed by atoms with E-state index in [4.69, 9.17) is 54.8 Å². The van der Waals surface area contributed by atoms with Gasteiger partial charge < -0.3 is 60.0 Å². The summed E-state index contributed by atoms with van der Waals surface area (Å²) < 4.78 is 16.6. The first-order valence-electron chi connectivity index (χ1n) is 16.1. The topological polar surface area (TPSA) is 214 Å². The van der Waals surface area contributed by atoms with E-state index in [0.29, 0.717) is 17.3 Å². The van der Waals surface area contributed by atoms with Gasteiger partial charge in [0, 0.05) is 75.1 Å². The number of nitrogens with zero attached hydrogens (tertiary/aromatic N) is 5. The number of aliphatic carboxylic acids is 1. The summed E-state index contributed by atoms with van der Waals surface area (Å²) in [5.74, 6) is 1.08. The molecule has 49 heavy (non-hydrogen) atoms. The van der Waals surface area contributed by atoms with Crippen LogP contribution < -0.4 is 19.7 Å². The van der Waals surface area contributed by atoms with E-state index in [9.17, 15) is 4.79 Å². The summed E-state index contributed by atoms with van der Waals surface area (Å²) in [6, 6.07) is 12.5. The Bertz CT molecular complexity index is 1490. The van der Waals surface area contributed by atoms with Gasteiger partial charge in [-0.3, -0.25) is 4.90 Å². The highest BCUT2D eigenvalue weighted by Gasteiger charge is 2.33. The first-order chi connectivity index (χ1) is 23.6. The number of ether oxygens (including phenoxy) is 3. The summed E-state index contributed by atoms with van der Waals surface area (Å²) in [6.07, 6.45) is -7.84. The molecule has 3 heterocycles. The number of carboxylic acid groups (broad SMARTS) is 1. The molecule has 2 aliphatic heterocycles. The summed E-state index contributed by atoms with van der Waals surface area (Å²) in [4.78, 5) is 27.2. The molecule has 0 spiro atoms. The molecule has 16 heteroatoms. The molecule has 3 aromatic rings. The number of likely N-dealkylation sites (N-methyl/N-ethyl adjacent to an activating group) is 1. The highest BCUT2D eigenvalue weighted by Crippen LogP contribution is 2.35. The molecule has 0 unspecified atom stereocenters. The van der Waals surface area contributed by atoms with Gasteiger partial charge in [-0.2, -0.15) is 0 Å². The highest BCUT2D eigenvalue weighted by atomic mass is 16.5. The van der Waals surface area contributed by atoms with Crippen molar-refractivity contribution in [3.8, 4) is 22.9 Å². The van der Waals surface area contributed by atoms with E-state index in [1.165, 1.54) is 5.69 Å². The number of aromatic nitrogens is 2. The quantitative estimate of drug-likeness (QED) is 0.118. The number of methoxy groups -OCH3 is 2. The van der Waals surface area contributed by atoms with E-state index < -0.39 is 37.0 Å². The van der Waals surface area contributed by atoms with Crippen LogP contribution in [0.4, 0.5) is 11.5 Å². The lowest BCUT2D eigenvalue weighted by atomic mass is 10.0. The zero-order valence-electron chi connectivity index (χ0n) is 28.1. The van der Waals surface area contributed by atoms with Gasteiger partial charge in [0.1, 0.15) is 24.1 Å². The normalized spacial score (nSPS) is 18.2. The van der Waals surface area contributed by atoms with E-state index in [2.05, 4.69) is 51.3 Å². The Morgan fingerprint density at radius 1 is 0.918 bits per heavy atom. The summed E-state index contributed by atoms with van der Waals surface area (Å²) in [6.45, 7) is 8.63. The van der Waals surface area contributed by atoms with Crippen molar-refractivity contribution in [2.24, 2.45) is 0 Å². The molecule has 0 bridgehead atoms. The summed E-state index contributed by atoms with van der Waals surface area (Å²) >= 11 is 0. The van der Waals surface area contributed by atoms with Crippen LogP contribution in [0.3, 0.4) is 0 Å². The van der Waals surface area contributed by atoms with Gasteiger partial charge in [0.25, 0.3) is 0 Å². The average Bonchev–Trinajstić information content (AvgIpc) is 3.13. The maximum Gasteiger partial charge on any atom is 0.335 e. The van der Waals surface area contributed by atoms with Gasteiger partial charge >= 0.3 is 5.97 Å². The number of hydrogen-bond acceptors (Lipinski definition) is 15. The maximum atomic E-state index is 10.1. The summed E-state index contributed by atoms with van der Waals surface area (Å²) in [5, 5.41) is 56.3. The van der Waals surface area contributed by atoms with Gasteiger partial charge in [0.05, 0.1) is 39.6 Å². The number of benzene rings is 2. The van der Waals surface area contributed by atoms with Crippen LogP contribution in [0, 0.1) is 0 Å². The number of carboxylic acids is 1. The van der Waals surface area contributed by atoms with Crippen molar-refractivity contribution in [1.29, 1.82) is 0 Å². The van der Waals surface area contributed by atoms with Gasteiger partial charge in [0.2, 0.25) is 0 Å². The molecule has 5 rings (SSSR count). The van der Waals surface area contributed by atoms with Gasteiger partial charge in [-0.25, -0.2) is 14.8 Å². The third kappa shape index (κ3) is 10.1. The molecular weight excluding hydrogens is 640 g/mol. The fraction of sp³-hybridized carbons (Fsp3) is 0.545. The van der Waals surface area contributed by atoms with Crippen molar-refractivity contribution < 1.29 is 49.6 Å². The van der Waals surface area contributed by atoms with E-state index >= 15 is 0 Å². The molecule has 0 saturated carbocycles. The van der Waals surface area contributed by atoms with Crippen LogP contribution >= 0.6 is 0 Å². The zero-order valence-corrected chi connectivity index (χ0v) is 28.1. The molecule has 16 nitrogen and oxygen atoms in total. The second-order valence-electron chi connectivity index (χ2n) is 11.9. The Morgan fingerprint density at radius 3 is 2.14 bits per heavy atom. The fourth-order valence-corrected chi connectivity index (χ4v) is 5.43. The zero-order chi connectivity index (χ0) is 35.5. The van der Waals surface area contributed by atoms with Crippen LogP contribution in [0.1, 0.15) is 0 Å². The Kier molecular flexibility index (Phi) is 14.1. The third-order valence-corrected chi connectivity index (χ3v) is 8.53. The minimum Gasteiger partial charge on any atom is -0.493 e. The molecule has 0 amide bonds. The van der Waals surface area contributed by atoms with Gasteiger partial charge in [-0.05, 0) is 37.4 Å². The van der Waals surface area contributed by atoms with E-state index in [0.717, 1.165) is 87.9 Å². The van der Waals surface area contributed by atoms with Crippen molar-refractivity contribution in [2.45, 2.75) is 24.4 Å². The number of aliphatic hydroxyl groups excluding tert-OH is 5. The minimum absolute atomic E-state index is 0.652. The maximum absolute atomic E-state index is 10.1. The first kappa shape index (κ1) is 37.9. The number of piperazine rings is 1. The van der Waals surface area contributed by atoms with Crippen molar-refractivity contribution >= 4 is 28.4 Å². The number of aliphatic hydroxyl groups is 5. The first-order valence-corrected chi connectivity index (χ1v) is 16.1. The van der Waals surface area contributed by atoms with Crippen LogP contribution in [0.15, 0.2) is 36.4 Å². The Labute approximate surface area is 285 Å². The predicted molar refractivity (Wildman–Crippen MR) is 182 cm³/mol. The SMILES string of the molecule is COc1cc2nc(-c3ccc(N4CCN(C)CC4)cc3)nc(NCCN3CCOCC3)c2cc1OC.O=C(O)[C@H](O)[C@H](O)[C@H](O)[C@@H](O)CO. The van der Waals surface area contributed by atoms with Gasteiger partial charge in [-0.15, -0.1) is 0 Å². The molecule has 0 radical (unpaired) electrons. The number of rotatable bonds is 13. The second kappa shape index (κ2) is 18.2. The van der Waals surface area contributed by atoms with Crippen LogP contribution in [-0.4, -0.2) is 174 Å². The Hall–Kier alpha value is -3.87. The van der Waals surface area contributed by atoms with E-state index in [-0.39, 0.29) is 0 Å². The smallest absolute Gasteiger partial charge is 0.335 e. The van der Waals surface area contributed by atoms with Crippen LogP contribution in [-0.2, 0) is 9.53 Å². The molecule has 1 aromatic heterocycles. The molecule has 2 aliphatic rings. The molecule has 2 fully saturated rings. The second-order valence-corrected chi connectivity index (χ2v) is 11.9. The van der Waals surface area contributed by atoms with E-state index in [1.807, 2.05) is 12.1 Å². The van der Waals surface area contributed by atoms with Crippen molar-refractivity contribution in [2.75, 3.05) is 104 Å². The summed E-state index contributed by atoms with van der Waals surface area (Å²) in [5.41, 5.74) is 3.04. The lowest BCUT2D eigenvalue weighted by Crippen LogP contribution is -2.48. The standard InChI is InChI=1S/C27H36N6O3.C6H12O7/c1-31-10-12-33(13-11-31)21-6-4-20(5-7-21)26-29-23-19-25(35-3)24(34-2)18-22(23)27(30-26)28-8-9-32-14-16-36-17-15-32;7-1-2(8)3(9)4(10)5(11)6(12)13/h4-7,18-19H,8-17H2,1-3H3,(H,28,29,30);2-5,7-11H,1H2,(H,12,13)/t;2-,3+,4+,5+/m.0/s1. The van der Waals surface area contributed by atoms with Gasteiger partial charge in [-0.1, -0.05) is 0 Å². The molecule has 7 N–H and O–H groups in total. The van der Waals surface area contributed by atoms with Crippen LogP contribution in [0.5, 0.6) is 11.5 Å². The lowest BCUT2D eigenvalue weighted by molar-refractivity contribution is -0.164. The average molecular weight is 689 g/mol. The number of hydrogen-bond donors (Lipinski definition) is 7. The predicted octanol–water partition coefficient (Wildman–Crippen LogP) is -0.683. The molecule has 4 atom stereocenters. The molecule has 2 saturated heterocycles. The number of carbonyl (C=O) groups is 1. The number of fused-ring (bicyclic) bond motifs is 1. The Morgan fingerprint density at radius 2 is 1.55 bits per heavy atom. The van der Waals surface area contributed by atoms with E-state index in [1.54, 1.807) is 14.2 Å². The number of morpholine rings is 1. The molecule has 270 valence electrons. The van der Waals surface area contributed by atoms with Crippen molar-refractivity contribution in [3.05, 3.63) is 36.4 Å². The largest absolute Gasteiger partial charge is 0.493 e. The Balaban J connectivity index is 0.000000355. The summed E-state index contributed by atoms with van der Waals surface area (Å²) in [7, 11) is 5.46. The van der Waals surface area contributed by atoms with Crippen molar-refractivity contribution in [3.63, 3.8) is 0 Å². The molecule has 2 aromatic carbocycles. The van der Waals surface area contributed by atoms with Crippen molar-refractivity contribution in [1.82, 2.24) is 19.8 Å². The van der Waals surface area contributed by atoms with Gasteiger partial charge in [0.15, 0.2) is 23.4 Å². The highest BCUT2D eigenvalue weighted by molar-refractivity contribution is 5.93.